The molecule has 1 heterocycles. The number of carbonyl (C=O) groups is 2. The summed E-state index contributed by atoms with van der Waals surface area (Å²) < 4.78 is 10.7. The van der Waals surface area contributed by atoms with Crippen LogP contribution in [0.4, 0.5) is 0 Å². The smallest absolute Gasteiger partial charge is 0.258 e. The summed E-state index contributed by atoms with van der Waals surface area (Å²) in [6.07, 6.45) is 0.723. The van der Waals surface area contributed by atoms with Crippen LogP contribution in [0.5, 0.6) is 11.5 Å². The summed E-state index contributed by atoms with van der Waals surface area (Å²) in [5.41, 5.74) is 1.45. The summed E-state index contributed by atoms with van der Waals surface area (Å²) in [6, 6.07) is 18.9. The molecule has 34 heavy (non-hydrogen) atoms. The number of benzene rings is 2. The Kier molecular flexibility index (Phi) is 9.10. The van der Waals surface area contributed by atoms with Crippen molar-refractivity contribution in [3.63, 3.8) is 0 Å². The first kappa shape index (κ1) is 25.3. The third-order valence-electron chi connectivity index (χ3n) is 5.82. The van der Waals surface area contributed by atoms with Crippen LogP contribution in [0, 0.1) is 0 Å². The second kappa shape index (κ2) is 12.2. The average molecular weight is 481 g/mol. The monoisotopic (exact) mass is 480 g/mol. The fraction of sp³-hybridized carbons (Fsp3) is 0.333. The molecule has 0 bridgehead atoms. The molecule has 0 fully saturated rings. The molecule has 2 amide bonds. The quantitative estimate of drug-likeness (QED) is 0.377. The first-order chi connectivity index (χ1) is 16.5. The number of hydrogen-bond acceptors (Lipinski definition) is 5. The van der Waals surface area contributed by atoms with Crippen LogP contribution in [-0.4, -0.2) is 48.4 Å². The Labute approximate surface area is 205 Å². The summed E-state index contributed by atoms with van der Waals surface area (Å²) in [7, 11) is 3.09. The number of rotatable bonds is 11. The molecule has 3 aromatic rings. The maximum atomic E-state index is 13.6. The molecule has 2 aromatic carbocycles. The summed E-state index contributed by atoms with van der Waals surface area (Å²) in [4.78, 5) is 31.7. The van der Waals surface area contributed by atoms with Crippen LogP contribution in [-0.2, 0) is 17.9 Å². The van der Waals surface area contributed by atoms with Crippen molar-refractivity contribution >= 4 is 23.2 Å². The maximum absolute atomic E-state index is 13.6. The van der Waals surface area contributed by atoms with Gasteiger partial charge in [-0.2, -0.15) is 0 Å². The summed E-state index contributed by atoms with van der Waals surface area (Å²) >= 11 is 1.62. The zero-order valence-corrected chi connectivity index (χ0v) is 21.0. The average Bonchev–Trinajstić information content (AvgIpc) is 3.39. The molecule has 0 aliphatic rings. The second-order valence-corrected chi connectivity index (χ2v) is 9.10. The van der Waals surface area contributed by atoms with Gasteiger partial charge >= 0.3 is 0 Å². The third-order valence-corrected chi connectivity index (χ3v) is 6.69. The van der Waals surface area contributed by atoms with E-state index in [4.69, 9.17) is 9.47 Å². The molecule has 0 aliphatic heterocycles. The lowest BCUT2D eigenvalue weighted by molar-refractivity contribution is -0.133. The number of amides is 2. The molecule has 1 atom stereocenters. The van der Waals surface area contributed by atoms with Crippen LogP contribution >= 0.6 is 11.3 Å². The molecule has 0 saturated heterocycles. The van der Waals surface area contributed by atoms with E-state index in [-0.39, 0.29) is 24.4 Å². The first-order valence-electron chi connectivity index (χ1n) is 11.3. The molecule has 180 valence electrons. The highest BCUT2D eigenvalue weighted by molar-refractivity contribution is 7.09. The molecular weight excluding hydrogens is 448 g/mol. The van der Waals surface area contributed by atoms with Crippen molar-refractivity contribution < 1.29 is 19.1 Å². The Morgan fingerprint density at radius 3 is 2.35 bits per heavy atom. The van der Waals surface area contributed by atoms with Crippen LogP contribution in [0.1, 0.15) is 41.1 Å². The lowest BCUT2D eigenvalue weighted by Gasteiger charge is -2.31. The Hall–Kier alpha value is -3.32. The molecule has 7 heteroatoms. The number of hydrogen-bond donors (Lipinski definition) is 0. The Morgan fingerprint density at radius 1 is 0.971 bits per heavy atom. The van der Waals surface area contributed by atoms with E-state index >= 15 is 0 Å². The van der Waals surface area contributed by atoms with Gasteiger partial charge in [0.2, 0.25) is 5.91 Å². The van der Waals surface area contributed by atoms with Crippen molar-refractivity contribution in [3.8, 4) is 11.5 Å². The highest BCUT2D eigenvalue weighted by Crippen LogP contribution is 2.27. The summed E-state index contributed by atoms with van der Waals surface area (Å²) in [5.74, 6) is 0.686. The maximum Gasteiger partial charge on any atom is 0.258 e. The van der Waals surface area contributed by atoms with Crippen molar-refractivity contribution in [3.05, 3.63) is 82.0 Å². The van der Waals surface area contributed by atoms with Crippen molar-refractivity contribution in [2.75, 3.05) is 20.8 Å². The number of carbonyl (C=O) groups excluding carboxylic acids is 2. The molecule has 0 N–H and O–H groups in total. The van der Waals surface area contributed by atoms with Gasteiger partial charge < -0.3 is 19.3 Å². The van der Waals surface area contributed by atoms with E-state index in [0.29, 0.717) is 30.2 Å². The van der Waals surface area contributed by atoms with Gasteiger partial charge in [0, 0.05) is 23.5 Å². The molecule has 1 aromatic heterocycles. The molecule has 0 aliphatic carbocycles. The summed E-state index contributed by atoms with van der Waals surface area (Å²) in [5, 5.41) is 2.01. The normalized spacial score (nSPS) is 11.5. The zero-order valence-electron chi connectivity index (χ0n) is 20.2. The van der Waals surface area contributed by atoms with Crippen molar-refractivity contribution in [1.29, 1.82) is 0 Å². The van der Waals surface area contributed by atoms with Crippen LogP contribution in [0.25, 0.3) is 0 Å². The molecule has 1 unspecified atom stereocenters. The van der Waals surface area contributed by atoms with Gasteiger partial charge in [-0.25, -0.2) is 0 Å². The van der Waals surface area contributed by atoms with Crippen molar-refractivity contribution in [2.45, 2.75) is 39.4 Å². The van der Waals surface area contributed by atoms with Crippen LogP contribution in [0.15, 0.2) is 66.0 Å². The standard InChI is InChI=1S/C27H32N2O4S/c1-5-20(2)29(27(31)24-14-13-22(32-3)16-25(24)33-4)19-26(30)28(18-23-12-9-15-34-23)17-21-10-7-6-8-11-21/h6-16,20H,5,17-19H2,1-4H3. The molecule has 6 nitrogen and oxygen atoms in total. The lowest BCUT2D eigenvalue weighted by Crippen LogP contribution is -2.46. The predicted molar refractivity (Wildman–Crippen MR) is 135 cm³/mol. The van der Waals surface area contributed by atoms with Crippen LogP contribution < -0.4 is 9.47 Å². The van der Waals surface area contributed by atoms with Gasteiger partial charge in [-0.15, -0.1) is 11.3 Å². The minimum atomic E-state index is -0.238. The van der Waals surface area contributed by atoms with E-state index in [9.17, 15) is 9.59 Å². The van der Waals surface area contributed by atoms with Gasteiger partial charge in [0.1, 0.15) is 18.0 Å². The fourth-order valence-electron chi connectivity index (χ4n) is 3.65. The molecule has 0 saturated carbocycles. The minimum Gasteiger partial charge on any atom is -0.497 e. The SMILES string of the molecule is CCC(C)N(CC(=O)N(Cc1ccccc1)Cc1cccs1)C(=O)c1ccc(OC)cc1OC. The number of thiophene rings is 1. The van der Waals surface area contributed by atoms with Gasteiger partial charge in [-0.3, -0.25) is 9.59 Å². The first-order valence-corrected chi connectivity index (χ1v) is 12.2. The number of nitrogens with zero attached hydrogens (tertiary/aromatic N) is 2. The van der Waals surface area contributed by atoms with Crippen LogP contribution in [0.2, 0.25) is 0 Å². The van der Waals surface area contributed by atoms with Crippen molar-refractivity contribution in [1.82, 2.24) is 9.80 Å². The predicted octanol–water partition coefficient (Wildman–Crippen LogP) is 5.24. The van der Waals surface area contributed by atoms with E-state index in [1.54, 1.807) is 41.5 Å². The van der Waals surface area contributed by atoms with Gasteiger partial charge in [-0.05, 0) is 42.5 Å². The third kappa shape index (κ3) is 6.38. The van der Waals surface area contributed by atoms with Gasteiger partial charge in [0.05, 0.1) is 26.3 Å². The van der Waals surface area contributed by atoms with Crippen LogP contribution in [0.3, 0.4) is 0 Å². The highest BCUT2D eigenvalue weighted by Gasteiger charge is 2.28. The second-order valence-electron chi connectivity index (χ2n) is 8.07. The molecule has 0 spiro atoms. The van der Waals surface area contributed by atoms with E-state index in [1.807, 2.05) is 66.6 Å². The Morgan fingerprint density at radius 2 is 1.74 bits per heavy atom. The van der Waals surface area contributed by atoms with E-state index in [0.717, 1.165) is 16.9 Å². The molecule has 0 radical (unpaired) electrons. The largest absolute Gasteiger partial charge is 0.497 e. The van der Waals surface area contributed by atoms with Crippen molar-refractivity contribution in [2.24, 2.45) is 0 Å². The molecule has 3 rings (SSSR count). The fourth-order valence-corrected chi connectivity index (χ4v) is 4.37. The Bertz CT molecular complexity index is 1070. The number of methoxy groups -OCH3 is 2. The highest BCUT2D eigenvalue weighted by atomic mass is 32.1. The van der Waals surface area contributed by atoms with E-state index < -0.39 is 0 Å². The zero-order chi connectivity index (χ0) is 24.5. The van der Waals surface area contributed by atoms with Gasteiger partial charge in [-0.1, -0.05) is 43.3 Å². The Balaban J connectivity index is 1.86. The van der Waals surface area contributed by atoms with E-state index in [1.165, 1.54) is 7.11 Å². The van der Waals surface area contributed by atoms with E-state index in [2.05, 4.69) is 0 Å². The minimum absolute atomic E-state index is 0.0127. The van der Waals surface area contributed by atoms with Gasteiger partial charge in [0.25, 0.3) is 5.91 Å². The van der Waals surface area contributed by atoms with Gasteiger partial charge in [0.15, 0.2) is 0 Å². The summed E-state index contributed by atoms with van der Waals surface area (Å²) in [6.45, 7) is 4.93. The topological polar surface area (TPSA) is 59.1 Å². The number of ether oxygens (including phenoxy) is 2. The molecular formula is C27H32N2O4S. The lowest BCUT2D eigenvalue weighted by atomic mass is 10.1.